The Morgan fingerprint density at radius 2 is 1.77 bits per heavy atom. The van der Waals surface area contributed by atoms with Crippen molar-refractivity contribution >= 4 is 61.8 Å². The van der Waals surface area contributed by atoms with Gasteiger partial charge < -0.3 is 5.32 Å². The highest BCUT2D eigenvalue weighted by atomic mass is 35.5. The van der Waals surface area contributed by atoms with Crippen molar-refractivity contribution in [1.29, 1.82) is 0 Å². The number of thiophene rings is 1. The van der Waals surface area contributed by atoms with E-state index in [1.54, 1.807) is 41.8 Å². The summed E-state index contributed by atoms with van der Waals surface area (Å²) >= 11 is 13.0. The number of anilines is 2. The van der Waals surface area contributed by atoms with E-state index in [-0.39, 0.29) is 20.5 Å². The number of hydrogen-bond acceptors (Lipinski definition) is 4. The maximum absolute atomic E-state index is 12.6. The van der Waals surface area contributed by atoms with Gasteiger partial charge in [-0.3, -0.25) is 9.52 Å². The highest BCUT2D eigenvalue weighted by molar-refractivity contribution is 7.92. The van der Waals surface area contributed by atoms with Gasteiger partial charge in [0.2, 0.25) is 0 Å². The number of halogens is 2. The van der Waals surface area contributed by atoms with Gasteiger partial charge in [0.05, 0.1) is 10.7 Å². The largest absolute Gasteiger partial charge is 0.321 e. The van der Waals surface area contributed by atoms with Crippen molar-refractivity contribution in [3.63, 3.8) is 0 Å². The summed E-state index contributed by atoms with van der Waals surface area (Å²) in [5.74, 6) is -0.445. The molecule has 1 aromatic heterocycles. The SMILES string of the molecule is O=C(Nc1cccc(Cl)c1)c1sccc1NS(=O)(=O)c1ccccc1Cl. The van der Waals surface area contributed by atoms with Crippen molar-refractivity contribution in [1.82, 2.24) is 0 Å². The molecule has 26 heavy (non-hydrogen) atoms. The van der Waals surface area contributed by atoms with Gasteiger partial charge in [-0.1, -0.05) is 41.4 Å². The molecule has 0 aliphatic heterocycles. The van der Waals surface area contributed by atoms with Crippen molar-refractivity contribution in [3.05, 3.63) is 74.9 Å². The Labute approximate surface area is 164 Å². The zero-order valence-electron chi connectivity index (χ0n) is 13.1. The molecule has 134 valence electrons. The highest BCUT2D eigenvalue weighted by Gasteiger charge is 2.22. The van der Waals surface area contributed by atoms with Crippen LogP contribution in [0.2, 0.25) is 10.0 Å². The molecular weight excluding hydrogens is 415 g/mol. The Kier molecular flexibility index (Phi) is 5.52. The van der Waals surface area contributed by atoms with Gasteiger partial charge in [-0.15, -0.1) is 11.3 Å². The molecule has 5 nitrogen and oxygen atoms in total. The first-order valence-electron chi connectivity index (χ1n) is 7.28. The van der Waals surface area contributed by atoms with Crippen molar-refractivity contribution in [2.45, 2.75) is 4.90 Å². The summed E-state index contributed by atoms with van der Waals surface area (Å²) in [4.78, 5) is 12.7. The number of amides is 1. The van der Waals surface area contributed by atoms with Crippen LogP contribution in [0.4, 0.5) is 11.4 Å². The fourth-order valence-electron chi connectivity index (χ4n) is 2.18. The third kappa shape index (κ3) is 4.19. The second-order valence-electron chi connectivity index (χ2n) is 5.16. The summed E-state index contributed by atoms with van der Waals surface area (Å²) in [5.41, 5.74) is 0.685. The van der Waals surface area contributed by atoms with Crippen molar-refractivity contribution in [2.24, 2.45) is 0 Å². The molecular formula is C17H12Cl2N2O3S2. The zero-order chi connectivity index (χ0) is 18.7. The number of hydrogen-bond donors (Lipinski definition) is 2. The Morgan fingerprint density at radius 3 is 2.50 bits per heavy atom. The van der Waals surface area contributed by atoms with Crippen LogP contribution in [0, 0.1) is 0 Å². The predicted molar refractivity (Wildman–Crippen MR) is 106 cm³/mol. The number of rotatable bonds is 5. The summed E-state index contributed by atoms with van der Waals surface area (Å²) in [6, 6.07) is 14.3. The Morgan fingerprint density at radius 1 is 1.00 bits per heavy atom. The molecule has 2 aromatic carbocycles. The molecule has 0 atom stereocenters. The molecule has 0 saturated heterocycles. The molecule has 1 heterocycles. The van der Waals surface area contributed by atoms with Crippen LogP contribution in [0.1, 0.15) is 9.67 Å². The normalized spacial score (nSPS) is 11.2. The van der Waals surface area contributed by atoms with Crippen molar-refractivity contribution < 1.29 is 13.2 Å². The third-order valence-electron chi connectivity index (χ3n) is 3.32. The molecule has 0 aliphatic carbocycles. The molecule has 3 rings (SSSR count). The molecule has 3 aromatic rings. The first-order valence-corrected chi connectivity index (χ1v) is 10.4. The van der Waals surface area contributed by atoms with E-state index < -0.39 is 15.9 Å². The number of benzene rings is 2. The minimum absolute atomic E-state index is 0.0610. The minimum atomic E-state index is -3.93. The quantitative estimate of drug-likeness (QED) is 0.594. The number of sulfonamides is 1. The monoisotopic (exact) mass is 426 g/mol. The lowest BCUT2D eigenvalue weighted by molar-refractivity contribution is 0.103. The van der Waals surface area contributed by atoms with Gasteiger partial charge in [-0.25, -0.2) is 8.42 Å². The lowest BCUT2D eigenvalue weighted by Gasteiger charge is -2.10. The molecule has 0 spiro atoms. The maximum Gasteiger partial charge on any atom is 0.267 e. The molecule has 1 amide bonds. The minimum Gasteiger partial charge on any atom is -0.321 e. The summed E-state index contributed by atoms with van der Waals surface area (Å²) in [7, 11) is -3.93. The van der Waals surface area contributed by atoms with Crippen LogP contribution in [0.3, 0.4) is 0 Å². The fourth-order valence-corrected chi connectivity index (χ4v) is 4.77. The Bertz CT molecular complexity index is 1070. The standard InChI is InChI=1S/C17H12Cl2N2O3S2/c18-11-4-3-5-12(10-11)20-17(22)16-14(8-9-25-16)21-26(23,24)15-7-2-1-6-13(15)19/h1-10,21H,(H,20,22). The zero-order valence-corrected chi connectivity index (χ0v) is 16.2. The highest BCUT2D eigenvalue weighted by Crippen LogP contribution is 2.28. The first kappa shape index (κ1) is 18.7. The van der Waals surface area contributed by atoms with Crippen LogP contribution in [-0.2, 0) is 10.0 Å². The lowest BCUT2D eigenvalue weighted by Crippen LogP contribution is -2.17. The summed E-state index contributed by atoms with van der Waals surface area (Å²) < 4.78 is 27.5. The van der Waals surface area contributed by atoms with Gasteiger partial charge >= 0.3 is 0 Å². The second-order valence-corrected chi connectivity index (χ2v) is 8.57. The summed E-state index contributed by atoms with van der Waals surface area (Å²) in [5, 5.41) is 4.89. The molecule has 0 bridgehead atoms. The van der Waals surface area contributed by atoms with Crippen LogP contribution in [0.15, 0.2) is 64.9 Å². The van der Waals surface area contributed by atoms with Gasteiger partial charge in [0.1, 0.15) is 9.77 Å². The first-order chi connectivity index (χ1) is 12.4. The summed E-state index contributed by atoms with van der Waals surface area (Å²) in [6.45, 7) is 0. The molecule has 9 heteroatoms. The van der Waals surface area contributed by atoms with Crippen molar-refractivity contribution in [2.75, 3.05) is 10.0 Å². The van der Waals surface area contributed by atoms with Crippen LogP contribution >= 0.6 is 34.5 Å². The van der Waals surface area contributed by atoms with Gasteiger partial charge in [0.15, 0.2) is 0 Å². The van der Waals surface area contributed by atoms with E-state index in [0.29, 0.717) is 10.7 Å². The third-order valence-corrected chi connectivity index (χ3v) is 6.34. The van der Waals surface area contributed by atoms with E-state index in [4.69, 9.17) is 23.2 Å². The molecule has 0 saturated carbocycles. The summed E-state index contributed by atoms with van der Waals surface area (Å²) in [6.07, 6.45) is 0. The number of carbonyl (C=O) groups excluding carboxylic acids is 1. The fraction of sp³-hybridized carbons (Fsp3) is 0. The molecule has 0 radical (unpaired) electrons. The van der Waals surface area contributed by atoms with E-state index in [1.807, 2.05) is 0 Å². The molecule has 0 aliphatic rings. The van der Waals surface area contributed by atoms with Gasteiger partial charge in [0.25, 0.3) is 15.9 Å². The van der Waals surface area contributed by atoms with Gasteiger partial charge in [-0.05, 0) is 41.8 Å². The van der Waals surface area contributed by atoms with E-state index in [0.717, 1.165) is 11.3 Å². The lowest BCUT2D eigenvalue weighted by atomic mass is 10.3. The Hall–Kier alpha value is -2.06. The van der Waals surface area contributed by atoms with E-state index in [1.165, 1.54) is 18.2 Å². The van der Waals surface area contributed by atoms with E-state index in [9.17, 15) is 13.2 Å². The average Bonchev–Trinajstić information content (AvgIpc) is 3.02. The second kappa shape index (κ2) is 7.67. The predicted octanol–water partition coefficient (Wildman–Crippen LogP) is 5.11. The number of nitrogens with one attached hydrogen (secondary N) is 2. The van der Waals surface area contributed by atoms with E-state index in [2.05, 4.69) is 10.0 Å². The average molecular weight is 427 g/mol. The van der Waals surface area contributed by atoms with E-state index >= 15 is 0 Å². The van der Waals surface area contributed by atoms with Gasteiger partial charge in [-0.2, -0.15) is 0 Å². The van der Waals surface area contributed by atoms with Crippen LogP contribution in [-0.4, -0.2) is 14.3 Å². The number of carbonyl (C=O) groups is 1. The molecule has 2 N–H and O–H groups in total. The van der Waals surface area contributed by atoms with Crippen molar-refractivity contribution in [3.8, 4) is 0 Å². The topological polar surface area (TPSA) is 75.3 Å². The van der Waals surface area contributed by atoms with Gasteiger partial charge in [0, 0.05) is 10.7 Å². The van der Waals surface area contributed by atoms with Crippen LogP contribution in [0.25, 0.3) is 0 Å². The molecule has 0 fully saturated rings. The maximum atomic E-state index is 12.6. The van der Waals surface area contributed by atoms with Crippen LogP contribution < -0.4 is 10.0 Å². The molecule has 0 unspecified atom stereocenters. The van der Waals surface area contributed by atoms with Crippen LogP contribution in [0.5, 0.6) is 0 Å². The smallest absolute Gasteiger partial charge is 0.267 e. The Balaban J connectivity index is 1.85.